The maximum absolute atomic E-state index is 12.1. The van der Waals surface area contributed by atoms with Crippen LogP contribution >= 0.6 is 0 Å². The molecule has 0 saturated carbocycles. The average Bonchev–Trinajstić information content (AvgIpc) is 2.62. The fraction of sp³-hybridized carbons (Fsp3) is 0.909. The van der Waals surface area contributed by atoms with Gasteiger partial charge in [0, 0.05) is 7.11 Å². The number of carbonyl (C=O) groups excluding carboxylic acids is 2. The highest BCUT2D eigenvalue weighted by atomic mass is 16.7. The van der Waals surface area contributed by atoms with Gasteiger partial charge in [0.05, 0.1) is 12.2 Å². The minimum Gasteiger partial charge on any atom is -0.461 e. The van der Waals surface area contributed by atoms with Crippen LogP contribution in [0.15, 0.2) is 0 Å². The Bertz CT molecular complexity index is 397. The Labute approximate surface area is 179 Å². The Kier molecular flexibility index (Phi) is 24.2. The highest BCUT2D eigenvalue weighted by molar-refractivity contribution is 5.78. The molecule has 0 aromatic heterocycles. The number of methoxy groups -OCH3 is 1. The molecular formula is C22H48O7. The van der Waals surface area contributed by atoms with Crippen molar-refractivity contribution in [2.75, 3.05) is 20.3 Å². The van der Waals surface area contributed by atoms with Crippen molar-refractivity contribution in [2.45, 2.75) is 113 Å². The average molecular weight is 425 g/mol. The van der Waals surface area contributed by atoms with Gasteiger partial charge < -0.3 is 23.7 Å². The molecule has 7 heteroatoms. The van der Waals surface area contributed by atoms with E-state index in [2.05, 4.69) is 13.8 Å². The molecule has 0 N–H and O–H groups in total. The Hall–Kier alpha value is -1.34. The molecule has 0 aliphatic rings. The Morgan fingerprint density at radius 1 is 0.862 bits per heavy atom. The molecule has 0 aromatic rings. The molecule has 0 saturated heterocycles. The third-order valence-corrected chi connectivity index (χ3v) is 3.52. The van der Waals surface area contributed by atoms with E-state index in [1.165, 1.54) is 6.42 Å². The van der Waals surface area contributed by atoms with Gasteiger partial charge in [0.25, 0.3) is 0 Å². The van der Waals surface area contributed by atoms with E-state index < -0.39 is 23.8 Å². The molecule has 0 bridgehead atoms. The largest absolute Gasteiger partial charge is 0.508 e. The zero-order valence-electron chi connectivity index (χ0n) is 18.6. The van der Waals surface area contributed by atoms with Crippen LogP contribution in [0.4, 0.5) is 4.79 Å². The lowest BCUT2D eigenvalue weighted by Gasteiger charge is -2.28. The molecule has 0 rings (SSSR count). The van der Waals surface area contributed by atoms with Crippen molar-refractivity contribution >= 4 is 12.1 Å². The molecule has 29 heavy (non-hydrogen) atoms. The van der Waals surface area contributed by atoms with E-state index in [0.717, 1.165) is 0 Å². The molecule has 3 unspecified atom stereocenters. The van der Waals surface area contributed by atoms with Crippen molar-refractivity contribution in [3.05, 3.63) is 0 Å². The number of carbonyl (C=O) groups is 2. The lowest BCUT2D eigenvalue weighted by molar-refractivity contribution is -0.180. The summed E-state index contributed by atoms with van der Waals surface area (Å²) in [5.41, 5.74) is -1.15. The molecule has 0 radical (unpaired) electrons. The van der Waals surface area contributed by atoms with Crippen molar-refractivity contribution in [2.24, 2.45) is 0 Å². The quantitative estimate of drug-likeness (QED) is 0.389. The van der Waals surface area contributed by atoms with E-state index in [9.17, 15) is 9.59 Å². The second kappa shape index (κ2) is 20.0. The van der Waals surface area contributed by atoms with Crippen LogP contribution in [0.5, 0.6) is 0 Å². The van der Waals surface area contributed by atoms with E-state index in [4.69, 9.17) is 23.7 Å². The van der Waals surface area contributed by atoms with Crippen LogP contribution in [0.3, 0.4) is 0 Å². The molecule has 0 fully saturated rings. The molecule has 0 aliphatic heterocycles. The number of rotatable bonds is 11. The van der Waals surface area contributed by atoms with Gasteiger partial charge in [-0.25, -0.2) is 9.59 Å². The minimum absolute atomic E-state index is 0. The van der Waals surface area contributed by atoms with Crippen LogP contribution < -0.4 is 0 Å². The van der Waals surface area contributed by atoms with Gasteiger partial charge in [-0.05, 0) is 40.5 Å². The molecule has 0 aliphatic carbocycles. The topological polar surface area (TPSA) is 80.3 Å². The first-order chi connectivity index (χ1) is 12.6. The summed E-state index contributed by atoms with van der Waals surface area (Å²) in [6, 6.07) is 0. The van der Waals surface area contributed by atoms with E-state index in [-0.39, 0.29) is 40.3 Å². The zero-order chi connectivity index (χ0) is 21.5. The molecule has 3 atom stereocenters. The summed E-state index contributed by atoms with van der Waals surface area (Å²) in [5, 5.41) is 0. The Morgan fingerprint density at radius 3 is 1.79 bits per heavy atom. The highest BCUT2D eigenvalue weighted by Gasteiger charge is 2.34. The predicted octanol–water partition coefficient (Wildman–Crippen LogP) is 5.78. The molecule has 0 amide bonds. The van der Waals surface area contributed by atoms with Gasteiger partial charge in [0.2, 0.25) is 0 Å². The second-order valence-electron chi connectivity index (χ2n) is 6.91. The van der Waals surface area contributed by atoms with Crippen molar-refractivity contribution in [1.29, 1.82) is 0 Å². The number of hydrogen-bond acceptors (Lipinski definition) is 7. The Balaban J connectivity index is -0.000000585. The SMILES string of the molecule is C.C.CCC.CCC(C)OC(=O)OCC(CC)OC(C)(C)C(=O)OCC(C)OC. The fourth-order valence-electron chi connectivity index (χ4n) is 1.58. The summed E-state index contributed by atoms with van der Waals surface area (Å²) >= 11 is 0. The summed E-state index contributed by atoms with van der Waals surface area (Å²) in [6.45, 7) is 15.0. The van der Waals surface area contributed by atoms with Crippen molar-refractivity contribution in [3.8, 4) is 0 Å². The first kappa shape index (κ1) is 35.1. The number of esters is 1. The van der Waals surface area contributed by atoms with Crippen molar-refractivity contribution in [1.82, 2.24) is 0 Å². The molecule has 0 spiro atoms. The highest BCUT2D eigenvalue weighted by Crippen LogP contribution is 2.17. The molecule has 7 nitrogen and oxygen atoms in total. The maximum Gasteiger partial charge on any atom is 0.508 e. The molecule has 178 valence electrons. The van der Waals surface area contributed by atoms with Gasteiger partial charge in [-0.2, -0.15) is 0 Å². The van der Waals surface area contributed by atoms with Gasteiger partial charge in [-0.1, -0.05) is 49.0 Å². The van der Waals surface area contributed by atoms with Gasteiger partial charge in [-0.3, -0.25) is 0 Å². The van der Waals surface area contributed by atoms with Crippen LogP contribution in [0, 0.1) is 0 Å². The van der Waals surface area contributed by atoms with Gasteiger partial charge in [0.1, 0.15) is 19.3 Å². The summed E-state index contributed by atoms with van der Waals surface area (Å²) < 4.78 is 26.0. The lowest BCUT2D eigenvalue weighted by atomic mass is 10.1. The van der Waals surface area contributed by atoms with Crippen LogP contribution in [-0.2, 0) is 28.5 Å². The van der Waals surface area contributed by atoms with Crippen LogP contribution in [-0.4, -0.2) is 56.4 Å². The van der Waals surface area contributed by atoms with Crippen LogP contribution in [0.1, 0.15) is 89.5 Å². The fourth-order valence-corrected chi connectivity index (χ4v) is 1.58. The monoisotopic (exact) mass is 424 g/mol. The normalized spacial score (nSPS) is 13.3. The van der Waals surface area contributed by atoms with Gasteiger partial charge in [-0.15, -0.1) is 0 Å². The summed E-state index contributed by atoms with van der Waals surface area (Å²) in [7, 11) is 1.54. The summed E-state index contributed by atoms with van der Waals surface area (Å²) in [5.74, 6) is -0.493. The summed E-state index contributed by atoms with van der Waals surface area (Å²) in [6.07, 6.45) is 0.972. The zero-order valence-corrected chi connectivity index (χ0v) is 18.6. The van der Waals surface area contributed by atoms with Crippen molar-refractivity contribution in [3.63, 3.8) is 0 Å². The standard InChI is InChI=1S/C17H32O7.C3H8.2CH4/c1-8-12(3)23-16(19)22-11-14(9-2)24-17(5,6)15(18)21-10-13(4)20-7;1-3-2;;/h12-14H,8-11H2,1-7H3;3H2,1-2H3;2*1H4. The second-order valence-corrected chi connectivity index (χ2v) is 6.91. The maximum atomic E-state index is 12.1. The predicted molar refractivity (Wildman–Crippen MR) is 118 cm³/mol. The third kappa shape index (κ3) is 18.4. The molecule has 0 aromatic carbocycles. The smallest absolute Gasteiger partial charge is 0.461 e. The molecule has 0 heterocycles. The molecular weight excluding hydrogens is 376 g/mol. The first-order valence-corrected chi connectivity index (χ1v) is 9.78. The third-order valence-electron chi connectivity index (χ3n) is 3.52. The first-order valence-electron chi connectivity index (χ1n) is 9.78. The number of ether oxygens (including phenoxy) is 5. The number of hydrogen-bond donors (Lipinski definition) is 0. The lowest BCUT2D eigenvalue weighted by Crippen LogP contribution is -2.42. The van der Waals surface area contributed by atoms with E-state index in [0.29, 0.717) is 12.8 Å². The van der Waals surface area contributed by atoms with E-state index >= 15 is 0 Å². The van der Waals surface area contributed by atoms with Crippen LogP contribution in [0.2, 0.25) is 0 Å². The van der Waals surface area contributed by atoms with Gasteiger partial charge >= 0.3 is 12.1 Å². The van der Waals surface area contributed by atoms with E-state index in [1.807, 2.05) is 13.8 Å². The Morgan fingerprint density at radius 2 is 1.38 bits per heavy atom. The van der Waals surface area contributed by atoms with E-state index in [1.54, 1.807) is 34.8 Å². The summed E-state index contributed by atoms with van der Waals surface area (Å²) in [4.78, 5) is 23.7. The van der Waals surface area contributed by atoms with Crippen LogP contribution in [0.25, 0.3) is 0 Å². The minimum atomic E-state index is -1.15. The van der Waals surface area contributed by atoms with Gasteiger partial charge in [0.15, 0.2) is 5.60 Å². The van der Waals surface area contributed by atoms with Crippen molar-refractivity contribution < 1.29 is 33.3 Å².